The SMILES string of the molecule is COCC(CCCN)Nc1ccnc(Cl)c1. The first-order valence-electron chi connectivity index (χ1n) is 5.33. The van der Waals surface area contributed by atoms with E-state index in [1.165, 1.54) is 0 Å². The predicted molar refractivity (Wildman–Crippen MR) is 66.8 cm³/mol. The van der Waals surface area contributed by atoms with Crippen molar-refractivity contribution in [2.75, 3.05) is 25.6 Å². The Morgan fingerprint density at radius 2 is 2.44 bits per heavy atom. The second-order valence-corrected chi connectivity index (χ2v) is 3.98. The van der Waals surface area contributed by atoms with Crippen LogP contribution in [0.4, 0.5) is 5.69 Å². The molecule has 3 N–H and O–H groups in total. The Hall–Kier alpha value is -0.840. The number of halogens is 1. The molecule has 0 aliphatic rings. The Balaban J connectivity index is 2.52. The van der Waals surface area contributed by atoms with Crippen LogP contribution in [-0.4, -0.2) is 31.3 Å². The lowest BCUT2D eigenvalue weighted by atomic mass is 10.1. The van der Waals surface area contributed by atoms with Crippen molar-refractivity contribution >= 4 is 17.3 Å². The van der Waals surface area contributed by atoms with Crippen LogP contribution < -0.4 is 11.1 Å². The van der Waals surface area contributed by atoms with Crippen LogP contribution in [0.3, 0.4) is 0 Å². The number of nitrogens with one attached hydrogen (secondary N) is 1. The van der Waals surface area contributed by atoms with E-state index in [-0.39, 0.29) is 6.04 Å². The number of nitrogens with two attached hydrogens (primary N) is 1. The molecule has 0 aromatic carbocycles. The minimum absolute atomic E-state index is 0.256. The Bertz CT molecular complexity index is 309. The Labute approximate surface area is 101 Å². The summed E-state index contributed by atoms with van der Waals surface area (Å²) in [4.78, 5) is 3.93. The van der Waals surface area contributed by atoms with E-state index in [4.69, 9.17) is 22.1 Å². The number of hydrogen-bond donors (Lipinski definition) is 2. The van der Waals surface area contributed by atoms with E-state index in [9.17, 15) is 0 Å². The number of nitrogens with zero attached hydrogens (tertiary/aromatic N) is 1. The van der Waals surface area contributed by atoms with Crippen molar-refractivity contribution in [1.82, 2.24) is 4.98 Å². The lowest BCUT2D eigenvalue weighted by molar-refractivity contribution is 0.182. The summed E-state index contributed by atoms with van der Waals surface area (Å²) in [5.41, 5.74) is 6.45. The van der Waals surface area contributed by atoms with Crippen LogP contribution in [0.1, 0.15) is 12.8 Å². The van der Waals surface area contributed by atoms with E-state index in [0.29, 0.717) is 18.3 Å². The fourth-order valence-electron chi connectivity index (χ4n) is 1.49. The minimum Gasteiger partial charge on any atom is -0.383 e. The molecular weight excluding hydrogens is 226 g/mol. The van der Waals surface area contributed by atoms with Gasteiger partial charge in [0.1, 0.15) is 5.15 Å². The summed E-state index contributed by atoms with van der Waals surface area (Å²) in [5.74, 6) is 0. The van der Waals surface area contributed by atoms with Crippen molar-refractivity contribution in [3.63, 3.8) is 0 Å². The molecule has 1 atom stereocenters. The first-order chi connectivity index (χ1) is 7.76. The molecular formula is C11H18ClN3O. The van der Waals surface area contributed by atoms with Gasteiger partial charge in [0.2, 0.25) is 0 Å². The van der Waals surface area contributed by atoms with Crippen LogP contribution in [-0.2, 0) is 4.74 Å². The standard InChI is InChI=1S/C11H18ClN3O/c1-16-8-10(3-2-5-13)15-9-4-6-14-11(12)7-9/h4,6-7,10H,2-3,5,8,13H2,1H3,(H,14,15). The van der Waals surface area contributed by atoms with Crippen molar-refractivity contribution in [3.05, 3.63) is 23.5 Å². The monoisotopic (exact) mass is 243 g/mol. The van der Waals surface area contributed by atoms with Crippen molar-refractivity contribution in [2.24, 2.45) is 5.73 Å². The van der Waals surface area contributed by atoms with Gasteiger partial charge in [0.25, 0.3) is 0 Å². The van der Waals surface area contributed by atoms with E-state index in [2.05, 4.69) is 10.3 Å². The van der Waals surface area contributed by atoms with Gasteiger partial charge in [-0.1, -0.05) is 11.6 Å². The molecule has 1 aromatic rings. The molecule has 5 heteroatoms. The molecule has 1 unspecified atom stereocenters. The Morgan fingerprint density at radius 3 is 3.06 bits per heavy atom. The number of ether oxygens (including phenoxy) is 1. The first-order valence-corrected chi connectivity index (χ1v) is 5.71. The van der Waals surface area contributed by atoms with Gasteiger partial charge in [0.05, 0.1) is 6.61 Å². The first kappa shape index (κ1) is 13.2. The van der Waals surface area contributed by atoms with Crippen LogP contribution in [0.25, 0.3) is 0 Å². The highest BCUT2D eigenvalue weighted by atomic mass is 35.5. The molecule has 0 aliphatic heterocycles. The molecule has 1 aromatic heterocycles. The second kappa shape index (κ2) is 7.44. The number of pyridine rings is 1. The molecule has 0 saturated carbocycles. The fraction of sp³-hybridized carbons (Fsp3) is 0.545. The van der Waals surface area contributed by atoms with E-state index < -0.39 is 0 Å². The summed E-state index contributed by atoms with van der Waals surface area (Å²) in [7, 11) is 1.69. The van der Waals surface area contributed by atoms with E-state index in [0.717, 1.165) is 18.5 Å². The maximum atomic E-state index is 5.81. The highest BCUT2D eigenvalue weighted by molar-refractivity contribution is 6.29. The van der Waals surface area contributed by atoms with Gasteiger partial charge in [-0.2, -0.15) is 0 Å². The van der Waals surface area contributed by atoms with Crippen molar-refractivity contribution in [3.8, 4) is 0 Å². The maximum absolute atomic E-state index is 5.81. The quantitative estimate of drug-likeness (QED) is 0.719. The third-order valence-electron chi connectivity index (χ3n) is 2.22. The number of rotatable bonds is 7. The predicted octanol–water partition coefficient (Wildman–Crippen LogP) is 1.90. The van der Waals surface area contributed by atoms with E-state index >= 15 is 0 Å². The van der Waals surface area contributed by atoms with Crippen LogP contribution in [0.15, 0.2) is 18.3 Å². The number of anilines is 1. The smallest absolute Gasteiger partial charge is 0.131 e. The normalized spacial score (nSPS) is 12.4. The van der Waals surface area contributed by atoms with E-state index in [1.54, 1.807) is 19.4 Å². The van der Waals surface area contributed by atoms with Gasteiger partial charge >= 0.3 is 0 Å². The molecule has 90 valence electrons. The fourth-order valence-corrected chi connectivity index (χ4v) is 1.66. The van der Waals surface area contributed by atoms with E-state index in [1.807, 2.05) is 6.07 Å². The average molecular weight is 244 g/mol. The van der Waals surface area contributed by atoms with Gasteiger partial charge in [0, 0.05) is 25.0 Å². The number of aromatic nitrogens is 1. The zero-order valence-corrected chi connectivity index (χ0v) is 10.2. The maximum Gasteiger partial charge on any atom is 0.131 e. The molecule has 16 heavy (non-hydrogen) atoms. The van der Waals surface area contributed by atoms with Crippen molar-refractivity contribution in [2.45, 2.75) is 18.9 Å². The van der Waals surface area contributed by atoms with Crippen molar-refractivity contribution in [1.29, 1.82) is 0 Å². The molecule has 0 radical (unpaired) electrons. The Morgan fingerprint density at radius 1 is 1.62 bits per heavy atom. The van der Waals surface area contributed by atoms with Crippen LogP contribution in [0, 0.1) is 0 Å². The molecule has 1 rings (SSSR count). The summed E-state index contributed by atoms with van der Waals surface area (Å²) in [6.07, 6.45) is 3.63. The van der Waals surface area contributed by atoms with Crippen molar-refractivity contribution < 1.29 is 4.74 Å². The lowest BCUT2D eigenvalue weighted by Gasteiger charge is -2.18. The van der Waals surface area contributed by atoms with Gasteiger partial charge < -0.3 is 15.8 Å². The third-order valence-corrected chi connectivity index (χ3v) is 2.43. The second-order valence-electron chi connectivity index (χ2n) is 3.59. The topological polar surface area (TPSA) is 60.2 Å². The van der Waals surface area contributed by atoms with Gasteiger partial charge in [-0.05, 0) is 31.5 Å². The molecule has 0 aliphatic carbocycles. The summed E-state index contributed by atoms with van der Waals surface area (Å²) >= 11 is 5.81. The zero-order valence-electron chi connectivity index (χ0n) is 9.45. The third kappa shape index (κ3) is 4.79. The van der Waals surface area contributed by atoms with Gasteiger partial charge in [-0.15, -0.1) is 0 Å². The van der Waals surface area contributed by atoms with Gasteiger partial charge in [-0.3, -0.25) is 0 Å². The molecule has 0 amide bonds. The van der Waals surface area contributed by atoms with Crippen LogP contribution >= 0.6 is 11.6 Å². The molecule has 0 spiro atoms. The summed E-state index contributed by atoms with van der Waals surface area (Å²) < 4.78 is 5.15. The molecule has 4 nitrogen and oxygen atoms in total. The lowest BCUT2D eigenvalue weighted by Crippen LogP contribution is -2.25. The summed E-state index contributed by atoms with van der Waals surface area (Å²) in [6, 6.07) is 3.94. The number of methoxy groups -OCH3 is 1. The number of hydrogen-bond acceptors (Lipinski definition) is 4. The molecule has 0 fully saturated rings. The summed E-state index contributed by atoms with van der Waals surface area (Å²) in [5, 5.41) is 3.84. The average Bonchev–Trinajstić information content (AvgIpc) is 2.26. The zero-order chi connectivity index (χ0) is 11.8. The highest BCUT2D eigenvalue weighted by Gasteiger charge is 2.07. The Kier molecular flexibility index (Phi) is 6.15. The van der Waals surface area contributed by atoms with Gasteiger partial charge in [-0.25, -0.2) is 4.98 Å². The summed E-state index contributed by atoms with van der Waals surface area (Å²) in [6.45, 7) is 1.35. The highest BCUT2D eigenvalue weighted by Crippen LogP contribution is 2.14. The van der Waals surface area contributed by atoms with Crippen LogP contribution in [0.5, 0.6) is 0 Å². The molecule has 0 saturated heterocycles. The largest absolute Gasteiger partial charge is 0.383 e. The van der Waals surface area contributed by atoms with Gasteiger partial charge in [0.15, 0.2) is 0 Å². The molecule has 0 bridgehead atoms. The van der Waals surface area contributed by atoms with Crippen LogP contribution in [0.2, 0.25) is 5.15 Å². The molecule has 1 heterocycles. The minimum atomic E-state index is 0.256.